The molecule has 0 bridgehead atoms. The molecule has 0 atom stereocenters. The predicted octanol–water partition coefficient (Wildman–Crippen LogP) is 6.93. The van der Waals surface area contributed by atoms with Gasteiger partial charge in [0.05, 0.1) is 12.5 Å². The van der Waals surface area contributed by atoms with Crippen LogP contribution in [0.15, 0.2) is 35.2 Å². The zero-order chi connectivity index (χ0) is 18.7. The van der Waals surface area contributed by atoms with Crippen molar-refractivity contribution in [2.24, 2.45) is 0 Å². The van der Waals surface area contributed by atoms with Crippen LogP contribution in [0.1, 0.15) is 102 Å². The molecule has 0 aliphatic rings. The number of hydrogen-bond donors (Lipinski definition) is 1. The molecular formula is C23H39NO2. The van der Waals surface area contributed by atoms with Gasteiger partial charge in [0.1, 0.15) is 0 Å². The van der Waals surface area contributed by atoms with Crippen molar-refractivity contribution in [3.8, 4) is 0 Å². The molecule has 1 amide bonds. The maximum atomic E-state index is 11.7. The highest BCUT2D eigenvalue weighted by molar-refractivity contribution is 5.75. The first-order valence-electron chi connectivity index (χ1n) is 10.8. The number of nitrogens with one attached hydrogen (secondary N) is 1. The molecule has 1 rings (SSSR count). The van der Waals surface area contributed by atoms with Gasteiger partial charge < -0.3 is 9.73 Å². The van der Waals surface area contributed by atoms with Crippen LogP contribution >= 0.6 is 0 Å². The second-order valence-electron chi connectivity index (χ2n) is 7.24. The van der Waals surface area contributed by atoms with Crippen LogP contribution in [-0.4, -0.2) is 5.91 Å². The van der Waals surface area contributed by atoms with Gasteiger partial charge in [-0.25, -0.2) is 0 Å². The van der Waals surface area contributed by atoms with Crippen LogP contribution in [0.2, 0.25) is 0 Å². The first-order chi connectivity index (χ1) is 12.8. The van der Waals surface area contributed by atoms with Crippen LogP contribution in [0.5, 0.6) is 0 Å². The molecule has 0 fully saturated rings. The van der Waals surface area contributed by atoms with Gasteiger partial charge in [0, 0.05) is 18.5 Å². The van der Waals surface area contributed by atoms with E-state index in [1.807, 2.05) is 6.07 Å². The fourth-order valence-corrected chi connectivity index (χ4v) is 3.04. The molecule has 3 nitrogen and oxygen atoms in total. The largest absolute Gasteiger partial charge is 0.472 e. The number of carbonyl (C=O) groups excluding carboxylic acids is 1. The van der Waals surface area contributed by atoms with Gasteiger partial charge in [-0.2, -0.15) is 0 Å². The second-order valence-corrected chi connectivity index (χ2v) is 7.24. The summed E-state index contributed by atoms with van der Waals surface area (Å²) in [6.07, 6.45) is 25.3. The Bertz CT molecular complexity index is 451. The van der Waals surface area contributed by atoms with Crippen molar-refractivity contribution in [3.05, 3.63) is 36.3 Å². The Morgan fingerprint density at radius 3 is 2.15 bits per heavy atom. The van der Waals surface area contributed by atoms with Crippen molar-refractivity contribution in [1.82, 2.24) is 5.32 Å². The average molecular weight is 362 g/mol. The summed E-state index contributed by atoms with van der Waals surface area (Å²) >= 11 is 0. The van der Waals surface area contributed by atoms with Gasteiger partial charge >= 0.3 is 0 Å². The molecule has 0 saturated heterocycles. The van der Waals surface area contributed by atoms with E-state index in [-0.39, 0.29) is 5.91 Å². The number of hydrogen-bond acceptors (Lipinski definition) is 2. The monoisotopic (exact) mass is 361 g/mol. The maximum absolute atomic E-state index is 11.7. The highest BCUT2D eigenvalue weighted by atomic mass is 16.3. The highest BCUT2D eigenvalue weighted by Crippen LogP contribution is 2.10. The van der Waals surface area contributed by atoms with Gasteiger partial charge in [0.2, 0.25) is 5.91 Å². The Kier molecular flexibility index (Phi) is 14.7. The lowest BCUT2D eigenvalue weighted by Crippen LogP contribution is -2.21. The summed E-state index contributed by atoms with van der Waals surface area (Å²) in [5.74, 6) is 0.142. The summed E-state index contributed by atoms with van der Waals surface area (Å²) < 4.78 is 4.98. The molecule has 0 saturated carbocycles. The minimum atomic E-state index is 0.142. The summed E-state index contributed by atoms with van der Waals surface area (Å²) in [4.78, 5) is 11.7. The summed E-state index contributed by atoms with van der Waals surface area (Å²) in [5, 5.41) is 2.93. The molecule has 1 aromatic heterocycles. The molecule has 0 aliphatic carbocycles. The average Bonchev–Trinajstić information content (AvgIpc) is 3.17. The molecule has 26 heavy (non-hydrogen) atoms. The molecule has 1 N–H and O–H groups in total. The lowest BCUT2D eigenvalue weighted by molar-refractivity contribution is -0.121. The third-order valence-corrected chi connectivity index (χ3v) is 4.74. The molecule has 0 radical (unpaired) electrons. The first kappa shape index (κ1) is 22.5. The van der Waals surface area contributed by atoms with Crippen LogP contribution in [0.3, 0.4) is 0 Å². The zero-order valence-electron chi connectivity index (χ0n) is 16.8. The van der Waals surface area contributed by atoms with Gasteiger partial charge in [-0.15, -0.1) is 0 Å². The molecule has 0 spiro atoms. The number of rotatable bonds is 17. The number of furan rings is 1. The number of carbonyl (C=O) groups is 1. The fourth-order valence-electron chi connectivity index (χ4n) is 3.04. The fraction of sp³-hybridized carbons (Fsp3) is 0.696. The number of amides is 1. The summed E-state index contributed by atoms with van der Waals surface area (Å²) in [7, 11) is 0. The molecular weight excluding hydrogens is 322 g/mol. The van der Waals surface area contributed by atoms with Crippen molar-refractivity contribution in [2.45, 2.75) is 103 Å². The molecule has 0 aromatic carbocycles. The topological polar surface area (TPSA) is 42.2 Å². The molecule has 3 heteroatoms. The van der Waals surface area contributed by atoms with E-state index in [0.29, 0.717) is 13.0 Å². The van der Waals surface area contributed by atoms with Crippen molar-refractivity contribution in [3.63, 3.8) is 0 Å². The summed E-state index contributed by atoms with van der Waals surface area (Å²) in [6, 6.07) is 1.88. The quantitative estimate of drug-likeness (QED) is 0.241. The zero-order valence-corrected chi connectivity index (χ0v) is 16.8. The van der Waals surface area contributed by atoms with Crippen molar-refractivity contribution in [1.29, 1.82) is 0 Å². The van der Waals surface area contributed by atoms with E-state index in [0.717, 1.165) is 18.4 Å². The Morgan fingerprint density at radius 2 is 1.54 bits per heavy atom. The Balaban J connectivity index is 1.78. The first-order valence-corrected chi connectivity index (χ1v) is 10.8. The normalized spacial score (nSPS) is 11.3. The summed E-state index contributed by atoms with van der Waals surface area (Å²) in [5.41, 5.74) is 1.02. The molecule has 1 heterocycles. The van der Waals surface area contributed by atoms with E-state index in [4.69, 9.17) is 4.42 Å². The Labute approximate surface area is 160 Å². The van der Waals surface area contributed by atoms with Crippen LogP contribution in [-0.2, 0) is 11.3 Å². The smallest absolute Gasteiger partial charge is 0.220 e. The predicted molar refractivity (Wildman–Crippen MR) is 110 cm³/mol. The standard InChI is InChI=1S/C23H39NO2/c1-2-3-4-5-6-7-8-9-10-11-12-13-14-15-16-17-23(25)24-20-22-18-19-26-21-22/h9-10,18-19,21H,2-8,11-17,20H2,1H3,(H,24,25). The van der Waals surface area contributed by atoms with Crippen LogP contribution in [0.25, 0.3) is 0 Å². The van der Waals surface area contributed by atoms with Gasteiger partial charge in [0.25, 0.3) is 0 Å². The van der Waals surface area contributed by atoms with Crippen LogP contribution in [0.4, 0.5) is 0 Å². The van der Waals surface area contributed by atoms with E-state index in [1.165, 1.54) is 70.6 Å². The van der Waals surface area contributed by atoms with E-state index in [2.05, 4.69) is 24.4 Å². The van der Waals surface area contributed by atoms with Gasteiger partial charge in [-0.05, 0) is 38.2 Å². The molecule has 0 unspecified atom stereocenters. The summed E-state index contributed by atoms with van der Waals surface area (Å²) in [6.45, 7) is 2.84. The lowest BCUT2D eigenvalue weighted by atomic mass is 10.1. The van der Waals surface area contributed by atoms with E-state index < -0.39 is 0 Å². The van der Waals surface area contributed by atoms with Crippen LogP contribution in [0, 0.1) is 0 Å². The third-order valence-electron chi connectivity index (χ3n) is 4.74. The van der Waals surface area contributed by atoms with Gasteiger partial charge in [-0.3, -0.25) is 4.79 Å². The highest BCUT2D eigenvalue weighted by Gasteiger charge is 2.01. The van der Waals surface area contributed by atoms with Crippen molar-refractivity contribution < 1.29 is 9.21 Å². The van der Waals surface area contributed by atoms with Crippen molar-refractivity contribution in [2.75, 3.05) is 0 Å². The van der Waals surface area contributed by atoms with E-state index >= 15 is 0 Å². The van der Waals surface area contributed by atoms with E-state index in [1.54, 1.807) is 12.5 Å². The molecule has 148 valence electrons. The molecule has 1 aromatic rings. The van der Waals surface area contributed by atoms with Crippen LogP contribution < -0.4 is 5.32 Å². The van der Waals surface area contributed by atoms with Gasteiger partial charge in [-0.1, -0.05) is 70.4 Å². The van der Waals surface area contributed by atoms with Crippen molar-refractivity contribution >= 4 is 5.91 Å². The molecule has 0 aliphatic heterocycles. The third kappa shape index (κ3) is 13.7. The number of unbranched alkanes of at least 4 members (excludes halogenated alkanes) is 11. The van der Waals surface area contributed by atoms with E-state index in [9.17, 15) is 4.79 Å². The Hall–Kier alpha value is -1.51. The van der Waals surface area contributed by atoms with Gasteiger partial charge in [0.15, 0.2) is 0 Å². The minimum Gasteiger partial charge on any atom is -0.472 e. The SMILES string of the molecule is CCCCCCCCC=CCCCCCCCC(=O)NCc1ccoc1. The lowest BCUT2D eigenvalue weighted by Gasteiger charge is -2.03. The Morgan fingerprint density at radius 1 is 0.923 bits per heavy atom. The minimum absolute atomic E-state index is 0.142. The number of allylic oxidation sites excluding steroid dienone is 2. The second kappa shape index (κ2) is 16.9. The maximum Gasteiger partial charge on any atom is 0.220 e.